The fourth-order valence-electron chi connectivity index (χ4n) is 2.84. The van der Waals surface area contributed by atoms with E-state index in [-0.39, 0.29) is 12.0 Å². The number of rotatable bonds is 4. The zero-order chi connectivity index (χ0) is 14.5. The molecule has 110 valence electrons. The van der Waals surface area contributed by atoms with Crippen molar-refractivity contribution in [3.8, 4) is 0 Å². The maximum atomic E-state index is 11.6. The van der Waals surface area contributed by atoms with Gasteiger partial charge in [0.25, 0.3) is 5.91 Å². The first kappa shape index (κ1) is 15.0. The van der Waals surface area contributed by atoms with Crippen molar-refractivity contribution in [1.82, 2.24) is 10.2 Å². The van der Waals surface area contributed by atoms with Gasteiger partial charge in [-0.15, -0.1) is 0 Å². The van der Waals surface area contributed by atoms with Gasteiger partial charge >= 0.3 is 0 Å². The van der Waals surface area contributed by atoms with Crippen LogP contribution in [0.2, 0.25) is 0 Å². The van der Waals surface area contributed by atoms with Crippen molar-refractivity contribution in [2.75, 3.05) is 20.1 Å². The number of piperidine rings is 1. The monoisotopic (exact) mass is 276 g/mol. The molecule has 4 heteroatoms. The van der Waals surface area contributed by atoms with Crippen molar-refractivity contribution >= 4 is 5.91 Å². The quantitative estimate of drug-likeness (QED) is 0.879. The van der Waals surface area contributed by atoms with Crippen LogP contribution in [0, 0.1) is 5.92 Å². The maximum absolute atomic E-state index is 11.6. The van der Waals surface area contributed by atoms with E-state index in [4.69, 9.17) is 0 Å². The Kier molecular flexibility index (Phi) is 5.15. The van der Waals surface area contributed by atoms with Gasteiger partial charge in [0.05, 0.1) is 6.10 Å². The molecular formula is C16H24N2O2. The number of nitrogens with one attached hydrogen (secondary N) is 1. The second-order valence-electron chi connectivity index (χ2n) is 5.66. The third kappa shape index (κ3) is 3.81. The van der Waals surface area contributed by atoms with Gasteiger partial charge in [-0.25, -0.2) is 0 Å². The molecule has 0 bridgehead atoms. The fraction of sp³-hybridized carbons (Fsp3) is 0.562. The topological polar surface area (TPSA) is 52.6 Å². The van der Waals surface area contributed by atoms with Crippen LogP contribution in [0.4, 0.5) is 0 Å². The number of benzene rings is 1. The Morgan fingerprint density at radius 1 is 1.55 bits per heavy atom. The standard InChI is InChI=1S/C16H24N2O2/c1-12(19)15-7-4-8-18(11-15)10-13-5-3-6-14(9-13)16(20)17-2/h3,5-6,9,12,15,19H,4,7-8,10-11H2,1-2H3,(H,17,20). The highest BCUT2D eigenvalue weighted by Crippen LogP contribution is 2.21. The van der Waals surface area contributed by atoms with Crippen LogP contribution in [0.15, 0.2) is 24.3 Å². The minimum Gasteiger partial charge on any atom is -0.393 e. The molecule has 4 nitrogen and oxygen atoms in total. The molecule has 2 unspecified atom stereocenters. The largest absolute Gasteiger partial charge is 0.393 e. The van der Waals surface area contributed by atoms with Crippen LogP contribution < -0.4 is 5.32 Å². The minimum absolute atomic E-state index is 0.0487. The highest BCUT2D eigenvalue weighted by atomic mass is 16.3. The number of carbonyl (C=O) groups is 1. The van der Waals surface area contributed by atoms with E-state index < -0.39 is 0 Å². The van der Waals surface area contributed by atoms with Gasteiger partial charge < -0.3 is 10.4 Å². The van der Waals surface area contributed by atoms with E-state index in [1.54, 1.807) is 7.05 Å². The summed E-state index contributed by atoms with van der Waals surface area (Å²) in [7, 11) is 1.65. The molecule has 0 spiro atoms. The first-order chi connectivity index (χ1) is 9.60. The lowest BCUT2D eigenvalue weighted by molar-refractivity contribution is 0.0599. The molecule has 0 aliphatic carbocycles. The van der Waals surface area contributed by atoms with Gasteiger partial charge in [0.1, 0.15) is 0 Å². The molecular weight excluding hydrogens is 252 g/mol. The number of nitrogens with zero attached hydrogens (tertiary/aromatic N) is 1. The van der Waals surface area contributed by atoms with E-state index in [0.29, 0.717) is 11.5 Å². The smallest absolute Gasteiger partial charge is 0.251 e. The third-order valence-electron chi connectivity index (χ3n) is 4.05. The Balaban J connectivity index is 2.01. The summed E-state index contributed by atoms with van der Waals surface area (Å²) in [5, 5.41) is 12.4. The van der Waals surface area contributed by atoms with Gasteiger partial charge in [-0.1, -0.05) is 12.1 Å². The predicted molar refractivity (Wildman–Crippen MR) is 79.5 cm³/mol. The van der Waals surface area contributed by atoms with E-state index in [9.17, 15) is 9.90 Å². The highest BCUT2D eigenvalue weighted by Gasteiger charge is 2.23. The Morgan fingerprint density at radius 3 is 3.05 bits per heavy atom. The summed E-state index contributed by atoms with van der Waals surface area (Å²) in [6.07, 6.45) is 1.99. The van der Waals surface area contributed by atoms with Gasteiger partial charge in [0.2, 0.25) is 0 Å². The van der Waals surface area contributed by atoms with Gasteiger partial charge in [0, 0.05) is 25.7 Å². The summed E-state index contributed by atoms with van der Waals surface area (Å²) < 4.78 is 0. The molecule has 1 aromatic rings. The first-order valence-corrected chi connectivity index (χ1v) is 7.31. The van der Waals surface area contributed by atoms with Crippen LogP contribution in [0.5, 0.6) is 0 Å². The van der Waals surface area contributed by atoms with Crippen LogP contribution in [0.3, 0.4) is 0 Å². The molecule has 2 rings (SSSR count). The van der Waals surface area contributed by atoms with Crippen molar-refractivity contribution in [1.29, 1.82) is 0 Å². The number of carbonyl (C=O) groups excluding carboxylic acids is 1. The molecule has 0 aromatic heterocycles. The Bertz CT molecular complexity index is 460. The summed E-state index contributed by atoms with van der Waals surface area (Å²) in [4.78, 5) is 14.0. The van der Waals surface area contributed by atoms with Gasteiger partial charge in [-0.05, 0) is 49.9 Å². The predicted octanol–water partition coefficient (Wildman–Crippen LogP) is 1.64. The second-order valence-corrected chi connectivity index (χ2v) is 5.66. The normalized spacial score (nSPS) is 21.4. The molecule has 0 radical (unpaired) electrons. The molecule has 2 N–H and O–H groups in total. The Morgan fingerprint density at radius 2 is 2.35 bits per heavy atom. The number of likely N-dealkylation sites (tertiary alicyclic amines) is 1. The molecule has 1 fully saturated rings. The van der Waals surface area contributed by atoms with Crippen molar-refractivity contribution < 1.29 is 9.90 Å². The van der Waals surface area contributed by atoms with Crippen LogP contribution in [0.1, 0.15) is 35.7 Å². The van der Waals surface area contributed by atoms with Crippen LogP contribution in [-0.4, -0.2) is 42.2 Å². The highest BCUT2D eigenvalue weighted by molar-refractivity contribution is 5.94. The number of hydrogen-bond donors (Lipinski definition) is 2. The van der Waals surface area contributed by atoms with Crippen LogP contribution in [-0.2, 0) is 6.54 Å². The lowest BCUT2D eigenvalue weighted by atomic mass is 9.93. The second kappa shape index (κ2) is 6.86. The van der Waals surface area contributed by atoms with Gasteiger partial charge in [-0.3, -0.25) is 9.69 Å². The van der Waals surface area contributed by atoms with Gasteiger partial charge in [-0.2, -0.15) is 0 Å². The SMILES string of the molecule is CNC(=O)c1cccc(CN2CCCC(C(C)O)C2)c1. The molecule has 1 heterocycles. The molecule has 0 saturated carbocycles. The summed E-state index contributed by atoms with van der Waals surface area (Å²) in [5.41, 5.74) is 1.85. The molecule has 1 saturated heterocycles. The minimum atomic E-state index is -0.241. The lowest BCUT2D eigenvalue weighted by Gasteiger charge is -2.34. The van der Waals surface area contributed by atoms with Crippen LogP contribution >= 0.6 is 0 Å². The zero-order valence-electron chi connectivity index (χ0n) is 12.3. The molecule has 2 atom stereocenters. The average Bonchev–Trinajstić information content (AvgIpc) is 2.47. The fourth-order valence-corrected chi connectivity index (χ4v) is 2.84. The first-order valence-electron chi connectivity index (χ1n) is 7.31. The van der Waals surface area contributed by atoms with Crippen molar-refractivity contribution in [3.05, 3.63) is 35.4 Å². The Labute approximate surface area is 120 Å². The molecule has 1 aliphatic heterocycles. The Hall–Kier alpha value is -1.39. The number of aliphatic hydroxyl groups excluding tert-OH is 1. The molecule has 1 aliphatic rings. The number of amides is 1. The van der Waals surface area contributed by atoms with Crippen LogP contribution in [0.25, 0.3) is 0 Å². The number of hydrogen-bond acceptors (Lipinski definition) is 3. The summed E-state index contributed by atoms with van der Waals surface area (Å²) in [6, 6.07) is 7.76. The summed E-state index contributed by atoms with van der Waals surface area (Å²) in [5.74, 6) is 0.318. The van der Waals surface area contributed by atoms with Crippen molar-refractivity contribution in [2.24, 2.45) is 5.92 Å². The van der Waals surface area contributed by atoms with E-state index in [2.05, 4.69) is 16.3 Å². The lowest BCUT2D eigenvalue weighted by Crippen LogP contribution is -2.39. The average molecular weight is 276 g/mol. The summed E-state index contributed by atoms with van der Waals surface area (Å²) in [6.45, 7) is 4.71. The van der Waals surface area contributed by atoms with Crippen molar-refractivity contribution in [3.63, 3.8) is 0 Å². The third-order valence-corrected chi connectivity index (χ3v) is 4.05. The van der Waals surface area contributed by atoms with Crippen molar-refractivity contribution in [2.45, 2.75) is 32.4 Å². The molecule has 20 heavy (non-hydrogen) atoms. The molecule has 1 aromatic carbocycles. The number of aliphatic hydroxyl groups is 1. The maximum Gasteiger partial charge on any atom is 0.251 e. The van der Waals surface area contributed by atoms with E-state index >= 15 is 0 Å². The molecule has 1 amide bonds. The van der Waals surface area contributed by atoms with E-state index in [1.165, 1.54) is 0 Å². The van der Waals surface area contributed by atoms with Gasteiger partial charge in [0.15, 0.2) is 0 Å². The zero-order valence-corrected chi connectivity index (χ0v) is 12.3. The summed E-state index contributed by atoms with van der Waals surface area (Å²) >= 11 is 0. The van der Waals surface area contributed by atoms with E-state index in [0.717, 1.165) is 38.0 Å². The van der Waals surface area contributed by atoms with E-state index in [1.807, 2.05) is 25.1 Å².